The quantitative estimate of drug-likeness (QED) is 0.351. The van der Waals surface area contributed by atoms with Gasteiger partial charge in [-0.15, -0.1) is 23.1 Å². The van der Waals surface area contributed by atoms with Crippen LogP contribution in [-0.2, 0) is 17.6 Å². The van der Waals surface area contributed by atoms with Gasteiger partial charge in [-0.25, -0.2) is 4.39 Å². The number of halogens is 1. The standard InChI is InChI=1S/C27H26FN3O2S2/c1-3-23(26(33)31-27-22(15-29)21-12-7-16(2)13-24(21)35-27)34-20-6-4-5-19(14-20)30-25(32)17-8-10-18(28)11-9-17/h4-6,8-11,14,16,23H,3,7,12-13H2,1-2H3,(H,30,32)(H,31,33). The summed E-state index contributed by atoms with van der Waals surface area (Å²) in [6, 6.07) is 14.9. The highest BCUT2D eigenvalue weighted by atomic mass is 32.2. The summed E-state index contributed by atoms with van der Waals surface area (Å²) in [5.41, 5.74) is 2.65. The number of rotatable bonds is 7. The van der Waals surface area contributed by atoms with E-state index in [2.05, 4.69) is 23.6 Å². The number of carbonyl (C=O) groups excluding carboxylic acids is 2. The van der Waals surface area contributed by atoms with Gasteiger partial charge in [0.05, 0.1) is 10.8 Å². The van der Waals surface area contributed by atoms with Crippen LogP contribution < -0.4 is 10.6 Å². The number of nitrogens with zero attached hydrogens (tertiary/aromatic N) is 1. The van der Waals surface area contributed by atoms with Crippen molar-refractivity contribution in [2.75, 3.05) is 10.6 Å². The average Bonchev–Trinajstić information content (AvgIpc) is 3.18. The zero-order valence-electron chi connectivity index (χ0n) is 19.6. The summed E-state index contributed by atoms with van der Waals surface area (Å²) in [5.74, 6) is -0.285. The van der Waals surface area contributed by atoms with Crippen molar-refractivity contribution < 1.29 is 14.0 Å². The molecular formula is C27H26FN3O2S2. The Labute approximate surface area is 212 Å². The van der Waals surface area contributed by atoms with Crippen LogP contribution in [-0.4, -0.2) is 17.1 Å². The summed E-state index contributed by atoms with van der Waals surface area (Å²) in [7, 11) is 0. The van der Waals surface area contributed by atoms with Crippen LogP contribution in [0.2, 0.25) is 0 Å². The molecule has 2 N–H and O–H groups in total. The Balaban J connectivity index is 1.44. The Morgan fingerprint density at radius 1 is 1.23 bits per heavy atom. The van der Waals surface area contributed by atoms with E-state index in [1.54, 1.807) is 6.07 Å². The molecule has 0 saturated heterocycles. The van der Waals surface area contributed by atoms with Crippen molar-refractivity contribution >= 4 is 45.6 Å². The molecule has 0 spiro atoms. The fraction of sp³-hybridized carbons (Fsp3) is 0.296. The number of amides is 2. The molecule has 2 amide bonds. The van der Waals surface area contributed by atoms with Gasteiger partial charge in [0.25, 0.3) is 5.91 Å². The highest BCUT2D eigenvalue weighted by Gasteiger charge is 2.26. The van der Waals surface area contributed by atoms with E-state index in [9.17, 15) is 19.2 Å². The molecular weight excluding hydrogens is 481 g/mol. The van der Waals surface area contributed by atoms with E-state index in [4.69, 9.17) is 0 Å². The maximum Gasteiger partial charge on any atom is 0.255 e. The Bertz CT molecular complexity index is 1280. The largest absolute Gasteiger partial charge is 0.322 e. The number of hydrogen-bond acceptors (Lipinski definition) is 5. The molecule has 35 heavy (non-hydrogen) atoms. The number of carbonyl (C=O) groups is 2. The van der Waals surface area contributed by atoms with E-state index in [1.807, 2.05) is 25.1 Å². The third kappa shape index (κ3) is 5.92. The van der Waals surface area contributed by atoms with Crippen LogP contribution in [0, 0.1) is 23.1 Å². The Hall–Kier alpha value is -3.15. The first kappa shape index (κ1) is 25.0. The fourth-order valence-electron chi connectivity index (χ4n) is 4.09. The third-order valence-corrected chi connectivity index (χ3v) is 8.53. The number of fused-ring (bicyclic) bond motifs is 1. The summed E-state index contributed by atoms with van der Waals surface area (Å²) < 4.78 is 13.1. The van der Waals surface area contributed by atoms with Crippen molar-refractivity contribution in [1.29, 1.82) is 5.26 Å². The molecule has 1 aromatic heterocycles. The van der Waals surface area contributed by atoms with Crippen LogP contribution in [0.5, 0.6) is 0 Å². The van der Waals surface area contributed by atoms with Gasteiger partial charge >= 0.3 is 0 Å². The SMILES string of the molecule is CCC(Sc1cccc(NC(=O)c2ccc(F)cc2)c1)C(=O)Nc1sc2c(c1C#N)CCC(C)C2. The molecule has 2 unspecified atom stereocenters. The maximum atomic E-state index is 13.1. The second-order valence-electron chi connectivity index (χ2n) is 8.66. The average molecular weight is 508 g/mol. The highest BCUT2D eigenvalue weighted by molar-refractivity contribution is 8.00. The van der Waals surface area contributed by atoms with E-state index < -0.39 is 5.82 Å². The first-order valence-electron chi connectivity index (χ1n) is 11.6. The molecule has 8 heteroatoms. The molecule has 2 aromatic carbocycles. The van der Waals surface area contributed by atoms with Gasteiger partial charge in [-0.1, -0.05) is 19.9 Å². The molecule has 4 rings (SSSR count). The van der Waals surface area contributed by atoms with Crippen LogP contribution >= 0.6 is 23.1 Å². The van der Waals surface area contributed by atoms with E-state index in [1.165, 1.54) is 52.2 Å². The van der Waals surface area contributed by atoms with Gasteiger partial charge in [-0.05, 0) is 79.6 Å². The lowest BCUT2D eigenvalue weighted by Crippen LogP contribution is -2.24. The number of nitriles is 1. The Morgan fingerprint density at radius 2 is 2.00 bits per heavy atom. The fourth-order valence-corrected chi connectivity index (χ4v) is 6.47. The highest BCUT2D eigenvalue weighted by Crippen LogP contribution is 2.39. The lowest BCUT2D eigenvalue weighted by atomic mass is 9.88. The van der Waals surface area contributed by atoms with Crippen molar-refractivity contribution in [2.24, 2.45) is 5.92 Å². The predicted octanol–water partition coefficient (Wildman–Crippen LogP) is 6.65. The van der Waals surface area contributed by atoms with E-state index in [0.29, 0.717) is 34.2 Å². The summed E-state index contributed by atoms with van der Waals surface area (Å²) in [6.45, 7) is 4.16. The van der Waals surface area contributed by atoms with E-state index in [0.717, 1.165) is 29.7 Å². The van der Waals surface area contributed by atoms with Crippen LogP contribution in [0.3, 0.4) is 0 Å². The topological polar surface area (TPSA) is 82.0 Å². The number of nitrogens with one attached hydrogen (secondary N) is 2. The van der Waals surface area contributed by atoms with Crippen LogP contribution in [0.1, 0.15) is 53.1 Å². The van der Waals surface area contributed by atoms with Crippen molar-refractivity contribution in [3.8, 4) is 6.07 Å². The molecule has 5 nitrogen and oxygen atoms in total. The lowest BCUT2D eigenvalue weighted by molar-refractivity contribution is -0.115. The molecule has 2 atom stereocenters. The zero-order chi connectivity index (χ0) is 24.9. The van der Waals surface area contributed by atoms with Gasteiger partial charge in [-0.3, -0.25) is 9.59 Å². The van der Waals surface area contributed by atoms with Crippen LogP contribution in [0.15, 0.2) is 53.4 Å². The summed E-state index contributed by atoms with van der Waals surface area (Å²) in [6.07, 6.45) is 3.50. The molecule has 0 aliphatic heterocycles. The van der Waals surface area contributed by atoms with Gasteiger partial charge in [0.1, 0.15) is 16.9 Å². The van der Waals surface area contributed by atoms with Gasteiger partial charge in [0.2, 0.25) is 5.91 Å². The normalized spacial score (nSPS) is 15.5. The van der Waals surface area contributed by atoms with E-state index in [-0.39, 0.29) is 17.1 Å². The predicted molar refractivity (Wildman–Crippen MR) is 140 cm³/mol. The molecule has 180 valence electrons. The minimum Gasteiger partial charge on any atom is -0.322 e. The van der Waals surface area contributed by atoms with Gasteiger partial charge in [0.15, 0.2) is 0 Å². The molecule has 1 aliphatic carbocycles. The third-order valence-electron chi connectivity index (χ3n) is 6.00. The van der Waals surface area contributed by atoms with Crippen molar-refractivity contribution in [3.05, 3.63) is 75.9 Å². The van der Waals surface area contributed by atoms with E-state index >= 15 is 0 Å². The first-order valence-corrected chi connectivity index (χ1v) is 13.3. The van der Waals surface area contributed by atoms with Gasteiger partial charge < -0.3 is 10.6 Å². The summed E-state index contributed by atoms with van der Waals surface area (Å²) >= 11 is 2.94. The molecule has 1 aliphatic rings. The van der Waals surface area contributed by atoms with Crippen molar-refractivity contribution in [1.82, 2.24) is 0 Å². The van der Waals surface area contributed by atoms with Crippen LogP contribution in [0.4, 0.5) is 15.1 Å². The second kappa shape index (κ2) is 11.1. The minimum absolute atomic E-state index is 0.138. The maximum absolute atomic E-state index is 13.1. The molecule has 0 saturated carbocycles. The number of benzene rings is 2. The first-order chi connectivity index (χ1) is 16.9. The van der Waals surface area contributed by atoms with Gasteiger partial charge in [-0.2, -0.15) is 5.26 Å². The molecule has 0 radical (unpaired) electrons. The monoisotopic (exact) mass is 507 g/mol. The van der Waals surface area contributed by atoms with Crippen molar-refractivity contribution in [3.63, 3.8) is 0 Å². The lowest BCUT2D eigenvalue weighted by Gasteiger charge is -2.17. The van der Waals surface area contributed by atoms with Crippen molar-refractivity contribution in [2.45, 2.75) is 49.7 Å². The Morgan fingerprint density at radius 3 is 2.71 bits per heavy atom. The number of thioether (sulfide) groups is 1. The zero-order valence-corrected chi connectivity index (χ0v) is 21.2. The summed E-state index contributed by atoms with van der Waals surface area (Å²) in [4.78, 5) is 27.6. The number of hydrogen-bond donors (Lipinski definition) is 2. The molecule has 0 fully saturated rings. The van der Waals surface area contributed by atoms with Gasteiger partial charge in [0, 0.05) is 21.0 Å². The second-order valence-corrected chi connectivity index (χ2v) is 11.0. The minimum atomic E-state index is -0.400. The van der Waals surface area contributed by atoms with Crippen LogP contribution in [0.25, 0.3) is 0 Å². The Kier molecular flexibility index (Phi) is 7.89. The number of thiophene rings is 1. The smallest absolute Gasteiger partial charge is 0.255 e. The summed E-state index contributed by atoms with van der Waals surface area (Å²) in [5, 5.41) is 15.8. The molecule has 0 bridgehead atoms. The molecule has 1 heterocycles. The molecule has 3 aromatic rings. The number of anilines is 2.